The second-order valence-electron chi connectivity index (χ2n) is 13.3. The normalized spacial score (nSPS) is 11.8. The van der Waals surface area contributed by atoms with Crippen molar-refractivity contribution in [3.8, 4) is 16.8 Å². The summed E-state index contributed by atoms with van der Waals surface area (Å²) in [5.74, 6) is 0. The molecule has 3 aromatic heterocycles. The maximum Gasteiger partial charge on any atom is 0.0548 e. The van der Waals surface area contributed by atoms with Crippen LogP contribution in [0.2, 0.25) is 0 Å². The molecule has 0 atom stereocenters. The van der Waals surface area contributed by atoms with E-state index in [2.05, 4.69) is 191 Å². The highest BCUT2D eigenvalue weighted by atomic mass is 32.1. The molecule has 244 valence electrons. The van der Waals surface area contributed by atoms with Crippen LogP contribution in [0.25, 0.3) is 79.0 Å². The molecule has 0 fully saturated rings. The third-order valence-electron chi connectivity index (χ3n) is 10.4. The Morgan fingerprint density at radius 2 is 0.981 bits per heavy atom. The zero-order valence-corrected chi connectivity index (χ0v) is 29.7. The highest BCUT2D eigenvalue weighted by Crippen LogP contribution is 2.44. The zero-order valence-electron chi connectivity index (χ0n) is 28.0. The molecule has 11 aromatic rings. The monoisotopic (exact) mass is 698 g/mol. The molecule has 4 heteroatoms. The van der Waals surface area contributed by atoms with Crippen LogP contribution in [0.5, 0.6) is 0 Å². The number of thiophene rings is 2. The van der Waals surface area contributed by atoms with Crippen LogP contribution in [0, 0.1) is 0 Å². The minimum Gasteiger partial charge on any atom is -0.311 e. The number of fused-ring (bicyclic) bond motifs is 10. The minimum atomic E-state index is 1.11. The van der Waals surface area contributed by atoms with Gasteiger partial charge in [0.1, 0.15) is 0 Å². The van der Waals surface area contributed by atoms with Crippen molar-refractivity contribution in [2.75, 3.05) is 4.90 Å². The van der Waals surface area contributed by atoms with E-state index in [4.69, 9.17) is 0 Å². The summed E-state index contributed by atoms with van der Waals surface area (Å²) in [7, 11) is 0. The Hall–Kier alpha value is -6.20. The number of para-hydroxylation sites is 2. The lowest BCUT2D eigenvalue weighted by Crippen LogP contribution is -2.10. The quantitative estimate of drug-likeness (QED) is 0.174. The lowest BCUT2D eigenvalue weighted by molar-refractivity contribution is 1.17. The third-order valence-corrected chi connectivity index (χ3v) is 12.8. The fourth-order valence-electron chi connectivity index (χ4n) is 8.09. The summed E-state index contributed by atoms with van der Waals surface area (Å²) >= 11 is 3.76. The van der Waals surface area contributed by atoms with Crippen molar-refractivity contribution in [1.82, 2.24) is 4.57 Å². The molecule has 0 unspecified atom stereocenters. The average molecular weight is 699 g/mol. The Kier molecular flexibility index (Phi) is 6.63. The molecule has 52 heavy (non-hydrogen) atoms. The number of hydrogen-bond acceptors (Lipinski definition) is 3. The van der Waals surface area contributed by atoms with Crippen LogP contribution in [-0.2, 0) is 0 Å². The summed E-state index contributed by atoms with van der Waals surface area (Å²) in [6.45, 7) is 0. The van der Waals surface area contributed by atoms with Crippen LogP contribution in [0.3, 0.4) is 0 Å². The number of rotatable bonds is 5. The van der Waals surface area contributed by atoms with Gasteiger partial charge in [0.05, 0.1) is 11.0 Å². The standard InChI is InChI=1S/C48H30N2S2/c1-2-11-32(12-3-1)49(33-23-21-31(22-24-33)36-16-10-17-38-37-13-5-8-19-43(37)52-48(36)38)34-25-27-35(28-26-34)50-41-18-7-4-14-39(41)46-42(50)29-30-45-47(46)40-15-6-9-20-44(40)51-45/h1-30H. The van der Waals surface area contributed by atoms with E-state index in [-0.39, 0.29) is 0 Å². The second kappa shape index (κ2) is 11.7. The maximum atomic E-state index is 2.43. The highest BCUT2D eigenvalue weighted by Gasteiger charge is 2.19. The third kappa shape index (κ3) is 4.48. The summed E-state index contributed by atoms with van der Waals surface area (Å²) in [6.07, 6.45) is 0. The lowest BCUT2D eigenvalue weighted by Gasteiger charge is -2.26. The van der Waals surface area contributed by atoms with Crippen molar-refractivity contribution >= 4 is 102 Å². The Labute approximate surface area is 308 Å². The first kappa shape index (κ1) is 29.5. The van der Waals surface area contributed by atoms with E-state index in [1.807, 2.05) is 22.7 Å². The van der Waals surface area contributed by atoms with Gasteiger partial charge in [-0.3, -0.25) is 0 Å². The van der Waals surface area contributed by atoms with Gasteiger partial charge in [-0.15, -0.1) is 22.7 Å². The molecule has 0 spiro atoms. The van der Waals surface area contributed by atoms with Gasteiger partial charge < -0.3 is 9.47 Å². The van der Waals surface area contributed by atoms with Crippen molar-refractivity contribution < 1.29 is 0 Å². The van der Waals surface area contributed by atoms with Crippen LogP contribution in [0.15, 0.2) is 182 Å². The van der Waals surface area contributed by atoms with Gasteiger partial charge in [-0.2, -0.15) is 0 Å². The zero-order chi connectivity index (χ0) is 34.2. The minimum absolute atomic E-state index is 1.11. The predicted molar refractivity (Wildman–Crippen MR) is 227 cm³/mol. The van der Waals surface area contributed by atoms with E-state index < -0.39 is 0 Å². The molecule has 0 aliphatic heterocycles. The van der Waals surface area contributed by atoms with Crippen molar-refractivity contribution in [3.63, 3.8) is 0 Å². The van der Waals surface area contributed by atoms with Crippen LogP contribution in [-0.4, -0.2) is 4.57 Å². The van der Waals surface area contributed by atoms with Gasteiger partial charge in [-0.1, -0.05) is 103 Å². The SMILES string of the molecule is c1ccc(N(c2ccc(-c3cccc4c3sc3ccccc34)cc2)c2ccc(-n3c4ccccc4c4c5c(ccc43)sc3ccccc35)cc2)cc1. The van der Waals surface area contributed by atoms with Crippen molar-refractivity contribution in [3.05, 3.63) is 182 Å². The molecule has 0 radical (unpaired) electrons. The van der Waals surface area contributed by atoms with E-state index in [0.717, 1.165) is 22.7 Å². The van der Waals surface area contributed by atoms with E-state index >= 15 is 0 Å². The van der Waals surface area contributed by atoms with Gasteiger partial charge in [-0.25, -0.2) is 0 Å². The van der Waals surface area contributed by atoms with Gasteiger partial charge in [0.15, 0.2) is 0 Å². The Bertz CT molecular complexity index is 3110. The summed E-state index contributed by atoms with van der Waals surface area (Å²) in [5.41, 5.74) is 9.46. The van der Waals surface area contributed by atoms with Crippen molar-refractivity contribution in [2.45, 2.75) is 0 Å². The number of nitrogens with zero attached hydrogens (tertiary/aromatic N) is 2. The predicted octanol–water partition coefficient (Wildman–Crippen LogP) is 14.7. The smallest absolute Gasteiger partial charge is 0.0548 e. The molecule has 0 saturated carbocycles. The Morgan fingerprint density at radius 3 is 1.77 bits per heavy atom. The van der Waals surface area contributed by atoms with Crippen LogP contribution < -0.4 is 4.90 Å². The first-order valence-corrected chi connectivity index (χ1v) is 19.2. The van der Waals surface area contributed by atoms with E-state index in [1.54, 1.807) is 0 Å². The van der Waals surface area contributed by atoms with Gasteiger partial charge in [0.25, 0.3) is 0 Å². The summed E-state index contributed by atoms with van der Waals surface area (Å²) < 4.78 is 7.75. The molecule has 8 aromatic carbocycles. The number of hydrogen-bond donors (Lipinski definition) is 0. The van der Waals surface area contributed by atoms with Crippen LogP contribution in [0.1, 0.15) is 0 Å². The van der Waals surface area contributed by atoms with Crippen LogP contribution in [0.4, 0.5) is 17.1 Å². The molecule has 2 nitrogen and oxygen atoms in total. The summed E-state index contributed by atoms with van der Waals surface area (Å²) in [6, 6.07) is 66.4. The highest BCUT2D eigenvalue weighted by molar-refractivity contribution is 7.26. The maximum absolute atomic E-state index is 2.43. The molecule has 0 aliphatic rings. The van der Waals surface area contributed by atoms with Crippen molar-refractivity contribution in [2.24, 2.45) is 0 Å². The molecule has 3 heterocycles. The fraction of sp³-hybridized carbons (Fsp3) is 0. The number of aromatic nitrogens is 1. The van der Waals surface area contributed by atoms with E-state index in [0.29, 0.717) is 0 Å². The molecule has 0 bridgehead atoms. The van der Waals surface area contributed by atoms with E-state index in [1.165, 1.54) is 73.3 Å². The molecule has 0 saturated heterocycles. The van der Waals surface area contributed by atoms with Gasteiger partial charge in [-0.05, 0) is 90.0 Å². The molecular formula is C48H30N2S2. The van der Waals surface area contributed by atoms with Crippen LogP contribution >= 0.6 is 22.7 Å². The second-order valence-corrected chi connectivity index (χ2v) is 15.4. The fourth-order valence-corrected chi connectivity index (χ4v) is 10.4. The van der Waals surface area contributed by atoms with Gasteiger partial charge in [0, 0.05) is 73.9 Å². The molecular weight excluding hydrogens is 669 g/mol. The Balaban J connectivity index is 1.02. The largest absolute Gasteiger partial charge is 0.311 e. The van der Waals surface area contributed by atoms with Gasteiger partial charge >= 0.3 is 0 Å². The first-order chi connectivity index (χ1) is 25.8. The number of anilines is 3. The summed E-state index contributed by atoms with van der Waals surface area (Å²) in [5, 5.41) is 7.95. The molecule has 0 amide bonds. The topological polar surface area (TPSA) is 8.17 Å². The Morgan fingerprint density at radius 1 is 0.365 bits per heavy atom. The summed E-state index contributed by atoms with van der Waals surface area (Å²) in [4.78, 5) is 2.35. The average Bonchev–Trinajstić information content (AvgIpc) is 3.89. The molecule has 0 N–H and O–H groups in total. The van der Waals surface area contributed by atoms with E-state index in [9.17, 15) is 0 Å². The number of benzene rings is 8. The first-order valence-electron chi connectivity index (χ1n) is 17.6. The molecule has 11 rings (SSSR count). The van der Waals surface area contributed by atoms with Crippen molar-refractivity contribution in [1.29, 1.82) is 0 Å². The lowest BCUT2D eigenvalue weighted by atomic mass is 10.0. The molecule has 0 aliphatic carbocycles. The van der Waals surface area contributed by atoms with Gasteiger partial charge in [0.2, 0.25) is 0 Å².